The van der Waals surface area contributed by atoms with Crippen LogP contribution in [0.2, 0.25) is 19.6 Å². The highest BCUT2D eigenvalue weighted by molar-refractivity contribution is 6.70. The fourth-order valence-corrected chi connectivity index (χ4v) is 3.74. The average Bonchev–Trinajstić information content (AvgIpc) is 2.24. The van der Waals surface area contributed by atoms with Crippen LogP contribution in [0.15, 0.2) is 30.3 Å². The van der Waals surface area contributed by atoms with Crippen LogP contribution in [0.3, 0.4) is 0 Å². The van der Waals surface area contributed by atoms with Gasteiger partial charge in [-0.25, -0.2) is 0 Å². The molecule has 1 N–H and O–H groups in total. The summed E-state index contributed by atoms with van der Waals surface area (Å²) in [6, 6.07) is 9.96. The topological polar surface area (TPSA) is 38.3 Å². The van der Waals surface area contributed by atoms with E-state index >= 15 is 0 Å². The molecule has 1 aliphatic heterocycles. The van der Waals surface area contributed by atoms with Gasteiger partial charge in [0.1, 0.15) is 0 Å². The highest BCUT2D eigenvalue weighted by Crippen LogP contribution is 2.39. The number of nitrogens with one attached hydrogen (secondary N) is 1. The molecule has 1 aromatic carbocycles. The van der Waals surface area contributed by atoms with Crippen molar-refractivity contribution in [3.05, 3.63) is 35.9 Å². The van der Waals surface area contributed by atoms with Gasteiger partial charge in [-0.2, -0.15) is 0 Å². The third-order valence-corrected chi connectivity index (χ3v) is 3.96. The standard InChI is InChI=1S/C13H19NO2Si/c1-13(16-17(2,3)4)11(14-12(13)15)10-8-6-5-7-9-10/h5-9,11H,1-4H3,(H,14,15). The van der Waals surface area contributed by atoms with Gasteiger partial charge in [0.05, 0.1) is 6.04 Å². The number of hydrogen-bond donors (Lipinski definition) is 1. The molecule has 0 radical (unpaired) electrons. The largest absolute Gasteiger partial charge is 0.402 e. The molecule has 0 spiro atoms. The monoisotopic (exact) mass is 249 g/mol. The van der Waals surface area contributed by atoms with E-state index in [9.17, 15) is 4.79 Å². The van der Waals surface area contributed by atoms with Gasteiger partial charge in [0, 0.05) is 0 Å². The van der Waals surface area contributed by atoms with Crippen LogP contribution in [0.4, 0.5) is 0 Å². The lowest BCUT2D eigenvalue weighted by Gasteiger charge is -2.49. The van der Waals surface area contributed by atoms with Gasteiger partial charge in [-0.3, -0.25) is 4.79 Å². The zero-order valence-electron chi connectivity index (χ0n) is 10.8. The predicted octanol–water partition coefficient (Wildman–Crippen LogP) is 2.47. The number of benzene rings is 1. The van der Waals surface area contributed by atoms with Crippen molar-refractivity contribution in [2.24, 2.45) is 0 Å². The van der Waals surface area contributed by atoms with Crippen LogP contribution < -0.4 is 5.32 Å². The van der Waals surface area contributed by atoms with Crippen LogP contribution >= 0.6 is 0 Å². The van der Waals surface area contributed by atoms with Crippen molar-refractivity contribution < 1.29 is 9.22 Å². The molecule has 1 heterocycles. The second-order valence-corrected chi connectivity index (χ2v) is 10.1. The molecule has 0 saturated carbocycles. The maximum Gasteiger partial charge on any atom is 0.253 e. The van der Waals surface area contributed by atoms with Crippen molar-refractivity contribution in [3.8, 4) is 0 Å². The third-order valence-electron chi connectivity index (χ3n) is 2.93. The number of amides is 1. The lowest BCUT2D eigenvalue weighted by Crippen LogP contribution is -2.68. The molecule has 0 bridgehead atoms. The molecular formula is C13H19NO2Si. The number of hydrogen-bond acceptors (Lipinski definition) is 2. The Morgan fingerprint density at radius 1 is 1.24 bits per heavy atom. The maximum absolute atomic E-state index is 11.8. The van der Waals surface area contributed by atoms with Crippen LogP contribution in [-0.2, 0) is 9.22 Å². The normalized spacial score (nSPS) is 28.5. The highest BCUT2D eigenvalue weighted by atomic mass is 28.4. The molecule has 1 amide bonds. The average molecular weight is 249 g/mol. The first-order valence-corrected chi connectivity index (χ1v) is 9.30. The van der Waals surface area contributed by atoms with Crippen molar-refractivity contribution >= 4 is 14.2 Å². The molecule has 1 fully saturated rings. The van der Waals surface area contributed by atoms with Gasteiger partial charge < -0.3 is 9.74 Å². The van der Waals surface area contributed by atoms with E-state index in [0.29, 0.717) is 0 Å². The lowest BCUT2D eigenvalue weighted by atomic mass is 9.82. The lowest BCUT2D eigenvalue weighted by molar-refractivity contribution is -0.155. The van der Waals surface area contributed by atoms with Gasteiger partial charge in [-0.15, -0.1) is 0 Å². The molecule has 92 valence electrons. The third kappa shape index (κ3) is 2.28. The first-order valence-electron chi connectivity index (χ1n) is 5.89. The zero-order valence-corrected chi connectivity index (χ0v) is 11.8. The molecule has 1 saturated heterocycles. The van der Waals surface area contributed by atoms with Gasteiger partial charge in [-0.05, 0) is 32.1 Å². The molecule has 0 aromatic heterocycles. The van der Waals surface area contributed by atoms with E-state index in [1.165, 1.54) is 0 Å². The summed E-state index contributed by atoms with van der Waals surface area (Å²) < 4.78 is 6.07. The Kier molecular flexibility index (Phi) is 2.87. The summed E-state index contributed by atoms with van der Waals surface area (Å²) >= 11 is 0. The van der Waals surface area contributed by atoms with Gasteiger partial charge in [0.2, 0.25) is 0 Å². The molecule has 1 aliphatic rings. The van der Waals surface area contributed by atoms with Crippen molar-refractivity contribution in [2.45, 2.75) is 38.2 Å². The molecule has 0 aliphatic carbocycles. The van der Waals surface area contributed by atoms with E-state index in [1.807, 2.05) is 37.3 Å². The van der Waals surface area contributed by atoms with Gasteiger partial charge in [-0.1, -0.05) is 30.3 Å². The molecule has 3 nitrogen and oxygen atoms in total. The van der Waals surface area contributed by atoms with Crippen LogP contribution in [0, 0.1) is 0 Å². The Morgan fingerprint density at radius 2 is 1.82 bits per heavy atom. The Balaban J connectivity index is 2.24. The Morgan fingerprint density at radius 3 is 2.29 bits per heavy atom. The van der Waals surface area contributed by atoms with E-state index < -0.39 is 13.9 Å². The van der Waals surface area contributed by atoms with Crippen LogP contribution in [-0.4, -0.2) is 19.8 Å². The first kappa shape index (κ1) is 12.3. The Bertz CT molecular complexity index is 427. The van der Waals surface area contributed by atoms with Crippen LogP contribution in [0.5, 0.6) is 0 Å². The SMILES string of the molecule is CC1(O[Si](C)(C)C)C(=O)NC1c1ccccc1. The van der Waals surface area contributed by atoms with Gasteiger partial charge in [0.15, 0.2) is 13.9 Å². The maximum atomic E-state index is 11.8. The van der Waals surface area contributed by atoms with Gasteiger partial charge >= 0.3 is 0 Å². The molecule has 1 aromatic rings. The fourth-order valence-electron chi connectivity index (χ4n) is 2.25. The van der Waals surface area contributed by atoms with Crippen molar-refractivity contribution in [1.82, 2.24) is 5.32 Å². The number of carbonyl (C=O) groups excluding carboxylic acids is 1. The summed E-state index contributed by atoms with van der Waals surface area (Å²) in [4.78, 5) is 11.8. The molecule has 4 heteroatoms. The van der Waals surface area contributed by atoms with E-state index in [1.54, 1.807) is 0 Å². The van der Waals surface area contributed by atoms with Crippen molar-refractivity contribution in [3.63, 3.8) is 0 Å². The van der Waals surface area contributed by atoms with Crippen LogP contribution in [0.25, 0.3) is 0 Å². The summed E-state index contributed by atoms with van der Waals surface area (Å²) in [6.07, 6.45) is 0. The molecule has 2 unspecified atom stereocenters. The summed E-state index contributed by atoms with van der Waals surface area (Å²) in [5, 5.41) is 2.93. The number of β-lactam (4-membered cyclic amide) rings is 1. The van der Waals surface area contributed by atoms with Crippen molar-refractivity contribution in [2.75, 3.05) is 0 Å². The predicted molar refractivity (Wildman–Crippen MR) is 70.2 cm³/mol. The zero-order chi connectivity index (χ0) is 12.7. The second kappa shape index (κ2) is 3.96. The fraction of sp³-hybridized carbons (Fsp3) is 0.462. The molecule has 2 rings (SSSR count). The highest BCUT2D eigenvalue weighted by Gasteiger charge is 2.54. The summed E-state index contributed by atoms with van der Waals surface area (Å²) in [5.41, 5.74) is 0.402. The minimum Gasteiger partial charge on any atom is -0.402 e. The molecular weight excluding hydrogens is 230 g/mol. The van der Waals surface area contributed by atoms with Gasteiger partial charge in [0.25, 0.3) is 5.91 Å². The van der Waals surface area contributed by atoms with Crippen LogP contribution in [0.1, 0.15) is 18.5 Å². The van der Waals surface area contributed by atoms with E-state index in [4.69, 9.17) is 4.43 Å². The van der Waals surface area contributed by atoms with Crippen molar-refractivity contribution in [1.29, 1.82) is 0 Å². The number of carbonyl (C=O) groups is 1. The van der Waals surface area contributed by atoms with E-state index in [0.717, 1.165) is 5.56 Å². The minimum atomic E-state index is -1.74. The summed E-state index contributed by atoms with van der Waals surface area (Å²) in [7, 11) is -1.74. The molecule has 2 atom stereocenters. The second-order valence-electron chi connectivity index (χ2n) is 5.64. The quantitative estimate of drug-likeness (QED) is 0.660. The van der Waals surface area contributed by atoms with E-state index in [-0.39, 0.29) is 11.9 Å². The summed E-state index contributed by atoms with van der Waals surface area (Å²) in [6.45, 7) is 8.20. The first-order chi connectivity index (χ1) is 7.83. The number of rotatable bonds is 3. The summed E-state index contributed by atoms with van der Waals surface area (Å²) in [5.74, 6) is -0.00576. The molecule has 17 heavy (non-hydrogen) atoms. The Hall–Kier alpha value is -1.13. The Labute approximate surface area is 103 Å². The minimum absolute atomic E-state index is 0.00576. The van der Waals surface area contributed by atoms with E-state index in [2.05, 4.69) is 25.0 Å². The smallest absolute Gasteiger partial charge is 0.253 e.